The predicted molar refractivity (Wildman–Crippen MR) is 64.6 cm³/mol. The Kier molecular flexibility index (Phi) is 6.20. The van der Waals surface area contributed by atoms with Crippen LogP contribution in [0.3, 0.4) is 0 Å². The van der Waals surface area contributed by atoms with Gasteiger partial charge in [-0.15, -0.1) is 12.4 Å². The average molecular weight is 282 g/mol. The molecule has 1 aromatic rings. The summed E-state index contributed by atoms with van der Waals surface area (Å²) in [6.45, 7) is 0. The first kappa shape index (κ1) is 12.8. The molecule has 5 heteroatoms. The van der Waals surface area contributed by atoms with Crippen molar-refractivity contribution in [2.24, 2.45) is 5.73 Å². The molecule has 72 valence electrons. The van der Waals surface area contributed by atoms with Gasteiger partial charge in [0.25, 0.3) is 0 Å². The Morgan fingerprint density at radius 1 is 1.38 bits per heavy atom. The first-order valence-corrected chi connectivity index (χ1v) is 5.17. The van der Waals surface area contributed by atoms with Crippen LogP contribution in [-0.2, 0) is 5.75 Å². The van der Waals surface area contributed by atoms with Gasteiger partial charge in [-0.2, -0.15) is 0 Å². The number of rotatable bonds is 2. The van der Waals surface area contributed by atoms with Crippen LogP contribution in [0.15, 0.2) is 28.7 Å². The van der Waals surface area contributed by atoms with E-state index in [9.17, 15) is 0 Å². The van der Waals surface area contributed by atoms with E-state index in [0.717, 1.165) is 10.2 Å². The van der Waals surface area contributed by atoms with Crippen molar-refractivity contribution in [2.75, 3.05) is 0 Å². The van der Waals surface area contributed by atoms with Crippen LogP contribution in [0.4, 0.5) is 0 Å². The largest absolute Gasteiger partial charge is 0.379 e. The Labute approximate surface area is 96.3 Å². The van der Waals surface area contributed by atoms with Gasteiger partial charge >= 0.3 is 0 Å². The molecule has 0 radical (unpaired) electrons. The van der Waals surface area contributed by atoms with E-state index in [1.54, 1.807) is 0 Å². The summed E-state index contributed by atoms with van der Waals surface area (Å²) >= 11 is 4.69. The van der Waals surface area contributed by atoms with E-state index in [1.165, 1.54) is 17.3 Å². The molecule has 13 heavy (non-hydrogen) atoms. The summed E-state index contributed by atoms with van der Waals surface area (Å²) < 4.78 is 1.07. The molecular weight excluding hydrogens is 272 g/mol. The Bertz CT molecular complexity index is 276. The van der Waals surface area contributed by atoms with Crippen molar-refractivity contribution in [2.45, 2.75) is 5.75 Å². The van der Waals surface area contributed by atoms with Crippen molar-refractivity contribution >= 4 is 45.3 Å². The van der Waals surface area contributed by atoms with E-state index in [2.05, 4.69) is 15.9 Å². The summed E-state index contributed by atoms with van der Waals surface area (Å²) in [7, 11) is 0. The first-order valence-electron chi connectivity index (χ1n) is 3.40. The predicted octanol–water partition coefficient (Wildman–Crippen LogP) is 3.00. The highest BCUT2D eigenvalue weighted by Crippen LogP contribution is 2.15. The van der Waals surface area contributed by atoms with Gasteiger partial charge in [0.1, 0.15) is 0 Å². The molecule has 2 nitrogen and oxygen atoms in total. The minimum absolute atomic E-state index is 0. The van der Waals surface area contributed by atoms with E-state index in [1.807, 2.05) is 24.3 Å². The number of benzene rings is 1. The highest BCUT2D eigenvalue weighted by Gasteiger charge is 1.94. The van der Waals surface area contributed by atoms with Gasteiger partial charge in [0.2, 0.25) is 0 Å². The van der Waals surface area contributed by atoms with E-state index in [-0.39, 0.29) is 17.6 Å². The summed E-state index contributed by atoms with van der Waals surface area (Å²) in [6, 6.07) is 7.99. The molecule has 0 bridgehead atoms. The number of hydrogen-bond acceptors (Lipinski definition) is 2. The van der Waals surface area contributed by atoms with Crippen LogP contribution in [0.2, 0.25) is 0 Å². The van der Waals surface area contributed by atoms with Crippen molar-refractivity contribution in [3.05, 3.63) is 34.3 Å². The van der Waals surface area contributed by atoms with Crippen LogP contribution in [0.5, 0.6) is 0 Å². The minimum Gasteiger partial charge on any atom is -0.379 e. The quantitative estimate of drug-likeness (QED) is 0.647. The van der Waals surface area contributed by atoms with Crippen molar-refractivity contribution in [3.8, 4) is 0 Å². The third-order valence-corrected chi connectivity index (χ3v) is 2.62. The van der Waals surface area contributed by atoms with Crippen molar-refractivity contribution in [1.29, 1.82) is 5.41 Å². The van der Waals surface area contributed by atoms with Crippen molar-refractivity contribution in [3.63, 3.8) is 0 Å². The number of amidine groups is 1. The first-order chi connectivity index (χ1) is 5.68. The second kappa shape index (κ2) is 6.29. The fraction of sp³-hybridized carbons (Fsp3) is 0.125. The fourth-order valence-corrected chi connectivity index (χ4v) is 1.52. The molecule has 0 aliphatic heterocycles. The molecule has 0 spiro atoms. The maximum atomic E-state index is 7.02. The summed E-state index contributed by atoms with van der Waals surface area (Å²) in [6.07, 6.45) is 0. The van der Waals surface area contributed by atoms with E-state index >= 15 is 0 Å². The van der Waals surface area contributed by atoms with Crippen molar-refractivity contribution < 1.29 is 0 Å². The second-order valence-corrected chi connectivity index (χ2v) is 4.21. The van der Waals surface area contributed by atoms with Crippen LogP contribution in [0, 0.1) is 5.41 Å². The van der Waals surface area contributed by atoms with Gasteiger partial charge in [-0.05, 0) is 17.7 Å². The monoisotopic (exact) mass is 280 g/mol. The molecule has 1 rings (SSSR count). The molecule has 1 aromatic carbocycles. The van der Waals surface area contributed by atoms with Gasteiger partial charge in [0.15, 0.2) is 5.17 Å². The maximum absolute atomic E-state index is 7.02. The second-order valence-electron chi connectivity index (χ2n) is 2.28. The van der Waals surface area contributed by atoms with E-state index in [4.69, 9.17) is 11.1 Å². The van der Waals surface area contributed by atoms with Crippen LogP contribution in [0.25, 0.3) is 0 Å². The zero-order chi connectivity index (χ0) is 8.97. The topological polar surface area (TPSA) is 49.9 Å². The average Bonchev–Trinajstić information content (AvgIpc) is 2.03. The van der Waals surface area contributed by atoms with Crippen LogP contribution in [-0.4, -0.2) is 5.17 Å². The number of nitrogens with one attached hydrogen (secondary N) is 1. The standard InChI is InChI=1S/C8H9BrN2S.ClH/c9-7-3-1-6(2-4-7)5-12-8(10)11;/h1-4H,5H2,(H3,10,11);1H. The number of hydrogen-bond donors (Lipinski definition) is 2. The molecule has 0 fully saturated rings. The molecule has 0 unspecified atom stereocenters. The summed E-state index contributed by atoms with van der Waals surface area (Å²) in [5.41, 5.74) is 6.39. The zero-order valence-electron chi connectivity index (χ0n) is 6.79. The Hall–Kier alpha value is -0.190. The summed E-state index contributed by atoms with van der Waals surface area (Å²) in [4.78, 5) is 0. The van der Waals surface area contributed by atoms with E-state index in [0.29, 0.717) is 0 Å². The summed E-state index contributed by atoms with van der Waals surface area (Å²) in [5, 5.41) is 7.18. The van der Waals surface area contributed by atoms with Gasteiger partial charge in [-0.3, -0.25) is 5.41 Å². The highest BCUT2D eigenvalue weighted by atomic mass is 79.9. The van der Waals surface area contributed by atoms with Crippen LogP contribution in [0.1, 0.15) is 5.56 Å². The molecule has 0 aromatic heterocycles. The Morgan fingerprint density at radius 3 is 2.38 bits per heavy atom. The van der Waals surface area contributed by atoms with Crippen LogP contribution < -0.4 is 5.73 Å². The Balaban J connectivity index is 0.00000144. The van der Waals surface area contributed by atoms with Gasteiger partial charge in [0, 0.05) is 10.2 Å². The molecule has 3 N–H and O–H groups in total. The van der Waals surface area contributed by atoms with Gasteiger partial charge < -0.3 is 5.73 Å². The molecule has 0 saturated heterocycles. The molecule has 0 saturated carbocycles. The minimum atomic E-state index is 0. The lowest BCUT2D eigenvalue weighted by Crippen LogP contribution is -2.03. The fourth-order valence-electron chi connectivity index (χ4n) is 0.742. The van der Waals surface area contributed by atoms with Gasteiger partial charge in [0.05, 0.1) is 0 Å². The smallest absolute Gasteiger partial charge is 0.151 e. The Morgan fingerprint density at radius 2 is 1.92 bits per heavy atom. The zero-order valence-corrected chi connectivity index (χ0v) is 10.0. The number of nitrogens with two attached hydrogens (primary N) is 1. The number of halogens is 2. The van der Waals surface area contributed by atoms with Gasteiger partial charge in [-0.1, -0.05) is 39.8 Å². The third kappa shape index (κ3) is 5.18. The molecular formula is C8H10BrClN2S. The van der Waals surface area contributed by atoms with Crippen molar-refractivity contribution in [1.82, 2.24) is 0 Å². The molecule has 0 atom stereocenters. The van der Waals surface area contributed by atoms with Crippen LogP contribution >= 0.6 is 40.1 Å². The highest BCUT2D eigenvalue weighted by molar-refractivity contribution is 9.10. The maximum Gasteiger partial charge on any atom is 0.151 e. The molecule has 0 heterocycles. The molecule has 0 amide bonds. The lowest BCUT2D eigenvalue weighted by atomic mass is 10.2. The lowest BCUT2D eigenvalue weighted by molar-refractivity contribution is 1.41. The normalized spacial score (nSPS) is 9.00. The van der Waals surface area contributed by atoms with Gasteiger partial charge in [-0.25, -0.2) is 0 Å². The SMILES string of the molecule is Cl.N=C(N)SCc1ccc(Br)cc1. The van der Waals surface area contributed by atoms with E-state index < -0.39 is 0 Å². The number of thioether (sulfide) groups is 1. The summed E-state index contributed by atoms with van der Waals surface area (Å²) in [5.74, 6) is 0.766. The molecule has 0 aliphatic carbocycles. The third-order valence-electron chi connectivity index (χ3n) is 1.31. The lowest BCUT2D eigenvalue weighted by Gasteiger charge is -1.99. The molecule has 0 aliphatic rings.